The van der Waals surface area contributed by atoms with Crippen molar-refractivity contribution in [3.63, 3.8) is 0 Å². The van der Waals surface area contributed by atoms with Crippen molar-refractivity contribution in [2.75, 3.05) is 12.0 Å². The van der Waals surface area contributed by atoms with E-state index in [1.54, 1.807) is 0 Å². The van der Waals surface area contributed by atoms with Crippen LogP contribution in [0.4, 0.5) is 0 Å². The molecule has 0 radical (unpaired) electrons. The second-order valence-corrected chi connectivity index (χ2v) is 3.77. The molecule has 1 unspecified atom stereocenters. The van der Waals surface area contributed by atoms with E-state index in [-0.39, 0.29) is 0 Å². The zero-order valence-corrected chi connectivity index (χ0v) is 6.79. The van der Waals surface area contributed by atoms with Crippen LogP contribution in [0.15, 0.2) is 0 Å². The van der Waals surface area contributed by atoms with Crippen molar-refractivity contribution in [2.45, 2.75) is 25.3 Å². The Morgan fingerprint density at radius 3 is 2.78 bits per heavy atom. The minimum absolute atomic E-state index is 0.512. The maximum atomic E-state index is 5.85. The van der Waals surface area contributed by atoms with Crippen molar-refractivity contribution in [1.29, 1.82) is 0 Å². The molecule has 0 aromatic rings. The third-order valence-electron chi connectivity index (χ3n) is 1.88. The summed E-state index contributed by atoms with van der Waals surface area (Å²) in [4.78, 5) is 0. The zero-order valence-electron chi connectivity index (χ0n) is 5.97. The number of rotatable bonds is 4. The molecule has 54 valence electrons. The van der Waals surface area contributed by atoms with Gasteiger partial charge in [-0.3, -0.25) is 0 Å². The van der Waals surface area contributed by atoms with Crippen LogP contribution in [-0.4, -0.2) is 18.1 Å². The highest BCUT2D eigenvalue weighted by molar-refractivity contribution is 7.98. The van der Waals surface area contributed by atoms with Crippen molar-refractivity contribution in [3.05, 3.63) is 0 Å². The van der Waals surface area contributed by atoms with Crippen LogP contribution in [0.25, 0.3) is 0 Å². The van der Waals surface area contributed by atoms with Gasteiger partial charge in [-0.05, 0) is 37.2 Å². The molecule has 1 aliphatic carbocycles. The first-order valence-electron chi connectivity index (χ1n) is 3.59. The van der Waals surface area contributed by atoms with Crippen LogP contribution >= 0.6 is 11.8 Å². The molecule has 1 saturated carbocycles. The van der Waals surface area contributed by atoms with Gasteiger partial charge in [0, 0.05) is 6.04 Å². The first-order valence-corrected chi connectivity index (χ1v) is 4.98. The van der Waals surface area contributed by atoms with Crippen LogP contribution < -0.4 is 5.73 Å². The highest BCUT2D eigenvalue weighted by Gasteiger charge is 2.27. The predicted octanol–water partition coefficient (Wildman–Crippen LogP) is 1.48. The molecule has 1 aliphatic rings. The lowest BCUT2D eigenvalue weighted by molar-refractivity contribution is 0.581. The molecule has 2 heteroatoms. The molecule has 0 saturated heterocycles. The van der Waals surface area contributed by atoms with Gasteiger partial charge in [0.1, 0.15) is 0 Å². The predicted molar refractivity (Wildman–Crippen MR) is 43.7 cm³/mol. The molecule has 0 aromatic heterocycles. The fraction of sp³-hybridized carbons (Fsp3) is 1.00. The lowest BCUT2D eigenvalue weighted by atomic mass is 10.1. The normalized spacial score (nSPS) is 22.0. The minimum atomic E-state index is 0.512. The average Bonchev–Trinajstić information content (AvgIpc) is 2.63. The molecule has 0 aromatic carbocycles. The van der Waals surface area contributed by atoms with Gasteiger partial charge in [0.05, 0.1) is 0 Å². The summed E-state index contributed by atoms with van der Waals surface area (Å²) in [7, 11) is 0. The molecule has 1 nitrogen and oxygen atoms in total. The summed E-state index contributed by atoms with van der Waals surface area (Å²) in [6.45, 7) is 0. The third-order valence-corrected chi connectivity index (χ3v) is 2.53. The second-order valence-electron chi connectivity index (χ2n) is 2.78. The Kier molecular flexibility index (Phi) is 2.86. The summed E-state index contributed by atoms with van der Waals surface area (Å²) < 4.78 is 0. The first-order chi connectivity index (χ1) is 4.34. The number of thioether (sulfide) groups is 1. The summed E-state index contributed by atoms with van der Waals surface area (Å²) >= 11 is 1.90. The van der Waals surface area contributed by atoms with Gasteiger partial charge in [-0.2, -0.15) is 11.8 Å². The maximum Gasteiger partial charge on any atom is 0.00750 e. The van der Waals surface area contributed by atoms with E-state index in [1.807, 2.05) is 11.8 Å². The molecule has 2 N–H and O–H groups in total. The standard InChI is InChI=1S/C7H15NS/c1-9-5-4-7(8)6-2-3-6/h6-7H,2-5,8H2,1H3. The van der Waals surface area contributed by atoms with Crippen LogP contribution in [0, 0.1) is 5.92 Å². The van der Waals surface area contributed by atoms with Crippen molar-refractivity contribution in [1.82, 2.24) is 0 Å². The average molecular weight is 145 g/mol. The van der Waals surface area contributed by atoms with E-state index in [9.17, 15) is 0 Å². The van der Waals surface area contributed by atoms with Gasteiger partial charge in [-0.25, -0.2) is 0 Å². The smallest absolute Gasteiger partial charge is 0.00750 e. The maximum absolute atomic E-state index is 5.85. The summed E-state index contributed by atoms with van der Waals surface area (Å²) in [5.41, 5.74) is 5.85. The van der Waals surface area contributed by atoms with Gasteiger partial charge in [-0.15, -0.1) is 0 Å². The Hall–Kier alpha value is 0.310. The van der Waals surface area contributed by atoms with Crippen molar-refractivity contribution < 1.29 is 0 Å². The number of hydrogen-bond acceptors (Lipinski definition) is 2. The fourth-order valence-corrected chi connectivity index (χ4v) is 1.52. The molecule has 0 bridgehead atoms. The Labute approximate surface area is 61.4 Å². The second kappa shape index (κ2) is 3.47. The fourth-order valence-electron chi connectivity index (χ4n) is 1.01. The lowest BCUT2D eigenvalue weighted by Crippen LogP contribution is -2.22. The molecule has 1 fully saturated rings. The molecular formula is C7H15NS. The highest BCUT2D eigenvalue weighted by Crippen LogP contribution is 2.32. The molecule has 0 amide bonds. The summed E-state index contributed by atoms with van der Waals surface area (Å²) in [5, 5.41) is 0. The lowest BCUT2D eigenvalue weighted by Gasteiger charge is -2.06. The van der Waals surface area contributed by atoms with E-state index in [4.69, 9.17) is 5.73 Å². The first kappa shape index (κ1) is 7.42. The SMILES string of the molecule is CSCCC(N)C1CC1. The van der Waals surface area contributed by atoms with Gasteiger partial charge < -0.3 is 5.73 Å². The molecule has 0 heterocycles. The van der Waals surface area contributed by atoms with Gasteiger partial charge >= 0.3 is 0 Å². The van der Waals surface area contributed by atoms with Crippen LogP contribution in [0.5, 0.6) is 0 Å². The van der Waals surface area contributed by atoms with Crippen LogP contribution in [0.2, 0.25) is 0 Å². The summed E-state index contributed by atoms with van der Waals surface area (Å²) in [5.74, 6) is 2.12. The van der Waals surface area contributed by atoms with Crippen LogP contribution in [-0.2, 0) is 0 Å². The van der Waals surface area contributed by atoms with Crippen molar-refractivity contribution in [3.8, 4) is 0 Å². The Morgan fingerprint density at radius 1 is 1.67 bits per heavy atom. The van der Waals surface area contributed by atoms with Gasteiger partial charge in [0.15, 0.2) is 0 Å². The van der Waals surface area contributed by atoms with E-state index < -0.39 is 0 Å². The molecule has 0 spiro atoms. The van der Waals surface area contributed by atoms with Crippen molar-refractivity contribution >= 4 is 11.8 Å². The quantitative estimate of drug-likeness (QED) is 0.648. The number of nitrogens with two attached hydrogens (primary N) is 1. The summed E-state index contributed by atoms with van der Waals surface area (Å²) in [6.07, 6.45) is 6.12. The van der Waals surface area contributed by atoms with Gasteiger partial charge in [0.25, 0.3) is 0 Å². The third kappa shape index (κ3) is 2.59. The molecule has 0 aliphatic heterocycles. The topological polar surface area (TPSA) is 26.0 Å². The Bertz CT molecular complexity index is 81.0. The largest absolute Gasteiger partial charge is 0.327 e. The van der Waals surface area contributed by atoms with E-state index in [0.717, 1.165) is 5.92 Å². The van der Waals surface area contributed by atoms with E-state index >= 15 is 0 Å². The monoisotopic (exact) mass is 145 g/mol. The van der Waals surface area contributed by atoms with Crippen molar-refractivity contribution in [2.24, 2.45) is 11.7 Å². The molecule has 9 heavy (non-hydrogen) atoms. The molecule has 1 atom stereocenters. The number of hydrogen-bond donors (Lipinski definition) is 1. The molecular weight excluding hydrogens is 130 g/mol. The molecule has 1 rings (SSSR count). The summed E-state index contributed by atoms with van der Waals surface area (Å²) in [6, 6.07) is 0.512. The van der Waals surface area contributed by atoms with Gasteiger partial charge in [0.2, 0.25) is 0 Å². The highest BCUT2D eigenvalue weighted by atomic mass is 32.2. The Morgan fingerprint density at radius 2 is 2.33 bits per heavy atom. The van der Waals surface area contributed by atoms with E-state index in [2.05, 4.69) is 6.26 Å². The Balaban J connectivity index is 1.96. The van der Waals surface area contributed by atoms with Crippen LogP contribution in [0.1, 0.15) is 19.3 Å². The van der Waals surface area contributed by atoms with E-state index in [1.165, 1.54) is 25.0 Å². The zero-order chi connectivity index (χ0) is 6.69. The van der Waals surface area contributed by atoms with Crippen LogP contribution in [0.3, 0.4) is 0 Å². The minimum Gasteiger partial charge on any atom is -0.327 e. The van der Waals surface area contributed by atoms with Gasteiger partial charge in [-0.1, -0.05) is 0 Å². The van der Waals surface area contributed by atoms with E-state index in [0.29, 0.717) is 6.04 Å².